The van der Waals surface area contributed by atoms with Crippen molar-refractivity contribution in [3.8, 4) is 0 Å². The maximum Gasteiger partial charge on any atom is 0.230 e. The van der Waals surface area contributed by atoms with Gasteiger partial charge in [-0.3, -0.25) is 9.69 Å². The van der Waals surface area contributed by atoms with Crippen LogP contribution in [0.1, 0.15) is 36.9 Å². The molecule has 29 heavy (non-hydrogen) atoms. The van der Waals surface area contributed by atoms with Crippen molar-refractivity contribution in [2.45, 2.75) is 31.2 Å². The second-order valence-corrected chi connectivity index (χ2v) is 8.17. The van der Waals surface area contributed by atoms with E-state index in [1.165, 1.54) is 11.6 Å². The Labute approximate surface area is 172 Å². The minimum Gasteiger partial charge on any atom is -0.353 e. The number of rotatable bonds is 7. The van der Waals surface area contributed by atoms with E-state index in [2.05, 4.69) is 34.2 Å². The molecule has 1 heterocycles. The van der Waals surface area contributed by atoms with Gasteiger partial charge >= 0.3 is 0 Å². The Kier molecular flexibility index (Phi) is 5.97. The van der Waals surface area contributed by atoms with Crippen LogP contribution in [0.2, 0.25) is 0 Å². The molecule has 4 rings (SSSR count). The van der Waals surface area contributed by atoms with Crippen molar-refractivity contribution in [1.82, 2.24) is 15.1 Å². The van der Waals surface area contributed by atoms with Crippen LogP contribution in [0, 0.1) is 5.82 Å². The summed E-state index contributed by atoms with van der Waals surface area (Å²) in [6.07, 6.45) is 1.43. The lowest BCUT2D eigenvalue weighted by Gasteiger charge is -2.39. The molecular weight excluding hydrogens is 365 g/mol. The SMILES string of the molecule is CCN1CCN(C(CNC(=O)C2(c3ccccc3F)CC2)c2ccccc2)CC1. The van der Waals surface area contributed by atoms with Crippen molar-refractivity contribution in [2.24, 2.45) is 0 Å². The number of nitrogens with one attached hydrogen (secondary N) is 1. The Balaban J connectivity index is 1.47. The van der Waals surface area contributed by atoms with E-state index in [0.717, 1.165) is 32.7 Å². The molecule has 5 heteroatoms. The summed E-state index contributed by atoms with van der Waals surface area (Å²) >= 11 is 0. The van der Waals surface area contributed by atoms with Crippen molar-refractivity contribution in [3.05, 3.63) is 71.5 Å². The van der Waals surface area contributed by atoms with E-state index in [-0.39, 0.29) is 17.8 Å². The molecule has 4 nitrogen and oxygen atoms in total. The van der Waals surface area contributed by atoms with E-state index >= 15 is 0 Å². The average Bonchev–Trinajstić information content (AvgIpc) is 3.57. The number of amides is 1. The molecule has 0 spiro atoms. The molecule has 0 bridgehead atoms. The van der Waals surface area contributed by atoms with Gasteiger partial charge in [-0.2, -0.15) is 0 Å². The molecule has 2 aromatic carbocycles. The lowest BCUT2D eigenvalue weighted by Crippen LogP contribution is -2.50. The van der Waals surface area contributed by atoms with Crippen molar-refractivity contribution in [1.29, 1.82) is 0 Å². The quantitative estimate of drug-likeness (QED) is 0.781. The molecule has 1 amide bonds. The molecule has 0 aromatic heterocycles. The number of piperazine rings is 1. The van der Waals surface area contributed by atoms with Crippen LogP contribution in [-0.2, 0) is 10.2 Å². The first-order valence-electron chi connectivity index (χ1n) is 10.7. The Bertz CT molecular complexity index is 829. The van der Waals surface area contributed by atoms with Crippen LogP contribution in [0.5, 0.6) is 0 Å². The minimum absolute atomic E-state index is 0.0456. The number of nitrogens with zero attached hydrogens (tertiary/aromatic N) is 2. The Morgan fingerprint density at radius 1 is 1.03 bits per heavy atom. The fourth-order valence-corrected chi connectivity index (χ4v) is 4.48. The maximum atomic E-state index is 14.3. The molecule has 1 aliphatic carbocycles. The van der Waals surface area contributed by atoms with Crippen molar-refractivity contribution in [3.63, 3.8) is 0 Å². The molecule has 0 radical (unpaired) electrons. The lowest BCUT2D eigenvalue weighted by molar-refractivity contribution is -0.124. The lowest BCUT2D eigenvalue weighted by atomic mass is 9.94. The summed E-state index contributed by atoms with van der Waals surface area (Å²) in [5, 5.41) is 3.17. The van der Waals surface area contributed by atoms with E-state index in [4.69, 9.17) is 0 Å². The van der Waals surface area contributed by atoms with Gasteiger partial charge in [0.2, 0.25) is 5.91 Å². The Morgan fingerprint density at radius 2 is 1.69 bits per heavy atom. The number of halogens is 1. The Morgan fingerprint density at radius 3 is 2.31 bits per heavy atom. The van der Waals surface area contributed by atoms with Gasteiger partial charge in [0, 0.05) is 38.3 Å². The monoisotopic (exact) mass is 395 g/mol. The molecule has 2 aliphatic rings. The first kappa shape index (κ1) is 20.0. The van der Waals surface area contributed by atoms with E-state index in [1.54, 1.807) is 12.1 Å². The number of hydrogen-bond donors (Lipinski definition) is 1. The normalized spacial score (nSPS) is 20.2. The number of benzene rings is 2. The number of carbonyl (C=O) groups excluding carboxylic acids is 1. The molecule has 1 aliphatic heterocycles. The molecule has 2 aromatic rings. The summed E-state index contributed by atoms with van der Waals surface area (Å²) in [4.78, 5) is 18.0. The predicted molar refractivity (Wildman–Crippen MR) is 113 cm³/mol. The second-order valence-electron chi connectivity index (χ2n) is 8.17. The van der Waals surface area contributed by atoms with Crippen molar-refractivity contribution < 1.29 is 9.18 Å². The summed E-state index contributed by atoms with van der Waals surface area (Å²) in [5.41, 5.74) is 1.06. The van der Waals surface area contributed by atoms with Crippen LogP contribution in [0.25, 0.3) is 0 Å². The third kappa shape index (κ3) is 4.21. The van der Waals surface area contributed by atoms with Crippen molar-refractivity contribution >= 4 is 5.91 Å². The van der Waals surface area contributed by atoms with E-state index in [9.17, 15) is 9.18 Å². The van der Waals surface area contributed by atoms with E-state index in [0.29, 0.717) is 24.9 Å². The van der Waals surface area contributed by atoms with Crippen LogP contribution in [-0.4, -0.2) is 55.0 Å². The largest absolute Gasteiger partial charge is 0.353 e. The van der Waals surface area contributed by atoms with Crippen LogP contribution >= 0.6 is 0 Å². The molecule has 1 unspecified atom stereocenters. The topological polar surface area (TPSA) is 35.6 Å². The fraction of sp³-hybridized carbons (Fsp3) is 0.458. The number of hydrogen-bond acceptors (Lipinski definition) is 3. The fourth-order valence-electron chi connectivity index (χ4n) is 4.48. The molecule has 1 atom stereocenters. The third-order valence-electron chi connectivity index (χ3n) is 6.51. The number of carbonyl (C=O) groups is 1. The van der Waals surface area contributed by atoms with Gasteiger partial charge in [-0.25, -0.2) is 4.39 Å². The first-order valence-corrected chi connectivity index (χ1v) is 10.7. The summed E-state index contributed by atoms with van der Waals surface area (Å²) < 4.78 is 14.3. The second kappa shape index (κ2) is 8.64. The highest BCUT2D eigenvalue weighted by molar-refractivity contribution is 5.91. The maximum absolute atomic E-state index is 14.3. The zero-order chi connectivity index (χ0) is 20.3. The zero-order valence-corrected chi connectivity index (χ0v) is 17.1. The number of likely N-dealkylation sites (N-methyl/N-ethyl adjacent to an activating group) is 1. The van der Waals surface area contributed by atoms with Gasteiger partial charge in [0.05, 0.1) is 11.5 Å². The van der Waals surface area contributed by atoms with Gasteiger partial charge in [-0.05, 0) is 31.0 Å². The van der Waals surface area contributed by atoms with Gasteiger partial charge in [-0.1, -0.05) is 55.5 Å². The predicted octanol–water partition coefficient (Wildman–Crippen LogP) is 3.35. The standard InChI is InChI=1S/C24H30FN3O/c1-2-27-14-16-28(17-15-27)22(19-8-4-3-5-9-19)18-26-23(29)24(12-13-24)20-10-6-7-11-21(20)25/h3-11,22H,2,12-18H2,1H3,(H,26,29). The van der Waals surface area contributed by atoms with Crippen molar-refractivity contribution in [2.75, 3.05) is 39.3 Å². The molecular formula is C24H30FN3O. The summed E-state index contributed by atoms with van der Waals surface area (Å²) in [7, 11) is 0. The van der Waals surface area contributed by atoms with Gasteiger partial charge in [0.25, 0.3) is 0 Å². The highest BCUT2D eigenvalue weighted by Gasteiger charge is 2.52. The molecule has 1 saturated heterocycles. The zero-order valence-electron chi connectivity index (χ0n) is 17.1. The van der Waals surface area contributed by atoms with Gasteiger partial charge in [0.15, 0.2) is 0 Å². The summed E-state index contributed by atoms with van der Waals surface area (Å²) in [6, 6.07) is 17.2. The smallest absolute Gasteiger partial charge is 0.230 e. The first-order chi connectivity index (χ1) is 14.1. The minimum atomic E-state index is -0.687. The van der Waals surface area contributed by atoms with E-state index in [1.807, 2.05) is 24.3 Å². The summed E-state index contributed by atoms with van der Waals surface area (Å²) in [6.45, 7) is 7.89. The van der Waals surface area contributed by atoms with Crippen LogP contribution in [0.4, 0.5) is 4.39 Å². The van der Waals surface area contributed by atoms with Gasteiger partial charge < -0.3 is 10.2 Å². The van der Waals surface area contributed by atoms with Crippen LogP contribution in [0.3, 0.4) is 0 Å². The molecule has 1 saturated carbocycles. The highest BCUT2D eigenvalue weighted by atomic mass is 19.1. The molecule has 154 valence electrons. The van der Waals surface area contributed by atoms with Gasteiger partial charge in [0.1, 0.15) is 5.82 Å². The molecule has 2 fully saturated rings. The highest BCUT2D eigenvalue weighted by Crippen LogP contribution is 2.49. The van der Waals surface area contributed by atoms with Gasteiger partial charge in [-0.15, -0.1) is 0 Å². The van der Waals surface area contributed by atoms with Crippen LogP contribution in [0.15, 0.2) is 54.6 Å². The van der Waals surface area contributed by atoms with E-state index < -0.39 is 5.41 Å². The van der Waals surface area contributed by atoms with Crippen LogP contribution < -0.4 is 5.32 Å². The third-order valence-corrected chi connectivity index (χ3v) is 6.51. The average molecular weight is 396 g/mol. The molecule has 1 N–H and O–H groups in total. The Hall–Kier alpha value is -2.24. The summed E-state index contributed by atoms with van der Waals surface area (Å²) in [5.74, 6) is -0.328.